The van der Waals surface area contributed by atoms with E-state index in [4.69, 9.17) is 0 Å². The zero-order chi connectivity index (χ0) is 25.5. The Labute approximate surface area is 209 Å². The first kappa shape index (κ1) is 21.5. The third-order valence-electron chi connectivity index (χ3n) is 7.66. The highest BCUT2D eigenvalue weighted by Gasteiger charge is 2.51. The number of fused-ring (bicyclic) bond motifs is 3. The van der Waals surface area contributed by atoms with Gasteiger partial charge in [-0.1, -0.05) is 12.1 Å². The fraction of sp³-hybridized carbons (Fsp3) is 0.231. The predicted molar refractivity (Wildman–Crippen MR) is 134 cm³/mol. The fourth-order valence-electron chi connectivity index (χ4n) is 5.85. The second kappa shape index (κ2) is 7.36. The lowest BCUT2D eigenvalue weighted by Gasteiger charge is -2.22. The smallest absolute Gasteiger partial charge is 0.325 e. The number of nitrogens with zero attached hydrogens (tertiary/aromatic N) is 5. The third kappa shape index (κ3) is 2.94. The average molecular weight is 495 g/mol. The second-order valence-electron chi connectivity index (χ2n) is 9.73. The van der Waals surface area contributed by atoms with E-state index in [0.29, 0.717) is 41.2 Å². The molecule has 11 heteroatoms. The summed E-state index contributed by atoms with van der Waals surface area (Å²) >= 11 is 0. The highest BCUT2D eigenvalue weighted by molar-refractivity contribution is 6.06. The number of imidazole rings is 1. The van der Waals surface area contributed by atoms with Crippen LogP contribution in [0.3, 0.4) is 0 Å². The summed E-state index contributed by atoms with van der Waals surface area (Å²) in [5.74, 6) is 0.314. The van der Waals surface area contributed by atoms with Crippen LogP contribution in [0.2, 0.25) is 0 Å². The molecule has 3 amide bonds. The van der Waals surface area contributed by atoms with Crippen LogP contribution in [0.15, 0.2) is 53.6 Å². The van der Waals surface area contributed by atoms with Gasteiger partial charge in [0.1, 0.15) is 24.4 Å². The number of carbonyl (C=O) groups is 3. The first-order chi connectivity index (χ1) is 17.9. The highest BCUT2D eigenvalue weighted by Crippen LogP contribution is 2.46. The van der Waals surface area contributed by atoms with Crippen molar-refractivity contribution in [3.8, 4) is 0 Å². The molecule has 2 aliphatic heterocycles. The molecule has 1 spiro atoms. The molecule has 0 radical (unpaired) electrons. The number of nitrogens with one attached hydrogen (secondary N) is 2. The minimum atomic E-state index is -0.688. The number of likely N-dealkylation sites (N-methyl/N-ethyl adjacent to an activating group) is 1. The third-order valence-corrected chi connectivity index (χ3v) is 7.66. The van der Waals surface area contributed by atoms with Gasteiger partial charge in [-0.2, -0.15) is 0 Å². The lowest BCUT2D eigenvalue weighted by Crippen LogP contribution is -2.38. The lowest BCUT2D eigenvalue weighted by molar-refractivity contribution is -0.121. The van der Waals surface area contributed by atoms with Crippen LogP contribution in [0.1, 0.15) is 16.7 Å². The number of pyridine rings is 2. The van der Waals surface area contributed by atoms with Gasteiger partial charge >= 0.3 is 5.69 Å². The summed E-state index contributed by atoms with van der Waals surface area (Å²) in [4.78, 5) is 61.3. The lowest BCUT2D eigenvalue weighted by atomic mass is 9.79. The SMILES string of the molecule is CN1C(=O)Cn2c(=O)n(CC(=O)Nc3ccc4c(c3)C[C@@]3(C4)C(=O)Nc4ncccc43)c3ccnc1c32. The molecule has 5 heterocycles. The summed E-state index contributed by atoms with van der Waals surface area (Å²) < 4.78 is 2.72. The van der Waals surface area contributed by atoms with Gasteiger partial charge in [-0.25, -0.2) is 14.8 Å². The molecule has 0 fully saturated rings. The van der Waals surface area contributed by atoms with Crippen molar-refractivity contribution in [1.29, 1.82) is 0 Å². The summed E-state index contributed by atoms with van der Waals surface area (Å²) in [6, 6.07) is 11.1. The van der Waals surface area contributed by atoms with E-state index in [1.54, 1.807) is 19.3 Å². The van der Waals surface area contributed by atoms with E-state index in [1.165, 1.54) is 20.2 Å². The van der Waals surface area contributed by atoms with Crippen molar-refractivity contribution in [3.63, 3.8) is 0 Å². The van der Waals surface area contributed by atoms with Gasteiger partial charge < -0.3 is 10.6 Å². The maximum absolute atomic E-state index is 13.1. The zero-order valence-electron chi connectivity index (χ0n) is 19.8. The first-order valence-corrected chi connectivity index (χ1v) is 11.9. The van der Waals surface area contributed by atoms with Crippen LogP contribution in [-0.4, -0.2) is 43.9 Å². The monoisotopic (exact) mass is 495 g/mol. The van der Waals surface area contributed by atoms with Gasteiger partial charge in [-0.3, -0.25) is 28.4 Å². The maximum Gasteiger partial charge on any atom is 0.330 e. The van der Waals surface area contributed by atoms with E-state index in [9.17, 15) is 19.2 Å². The van der Waals surface area contributed by atoms with Crippen LogP contribution < -0.4 is 21.2 Å². The van der Waals surface area contributed by atoms with Crippen molar-refractivity contribution in [2.45, 2.75) is 31.3 Å². The van der Waals surface area contributed by atoms with Gasteiger partial charge in [-0.05, 0) is 48.2 Å². The summed E-state index contributed by atoms with van der Waals surface area (Å²) in [6.45, 7) is -0.315. The molecule has 37 heavy (non-hydrogen) atoms. The molecule has 0 saturated carbocycles. The molecule has 4 aromatic rings. The van der Waals surface area contributed by atoms with Crippen molar-refractivity contribution in [3.05, 3.63) is 76.0 Å². The predicted octanol–water partition coefficient (Wildman–Crippen LogP) is 1.20. The number of hydrogen-bond donors (Lipinski definition) is 2. The Hall–Kier alpha value is -4.80. The van der Waals surface area contributed by atoms with Crippen molar-refractivity contribution >= 4 is 46.1 Å². The topological polar surface area (TPSA) is 131 Å². The van der Waals surface area contributed by atoms with Gasteiger partial charge in [0.15, 0.2) is 5.82 Å². The molecular weight excluding hydrogens is 474 g/mol. The van der Waals surface area contributed by atoms with Crippen molar-refractivity contribution in [2.24, 2.45) is 0 Å². The highest BCUT2D eigenvalue weighted by atomic mass is 16.2. The number of amides is 3. The molecule has 0 bridgehead atoms. The van der Waals surface area contributed by atoms with Crippen molar-refractivity contribution < 1.29 is 14.4 Å². The summed E-state index contributed by atoms with van der Waals surface area (Å²) in [7, 11) is 1.62. The molecule has 1 aromatic carbocycles. The first-order valence-electron chi connectivity index (χ1n) is 11.9. The van der Waals surface area contributed by atoms with Crippen LogP contribution in [0, 0.1) is 0 Å². The molecule has 0 unspecified atom stereocenters. The number of rotatable bonds is 3. The van der Waals surface area contributed by atoms with Crippen LogP contribution in [0.5, 0.6) is 0 Å². The molecule has 184 valence electrons. The van der Waals surface area contributed by atoms with Gasteiger partial charge in [0.05, 0.1) is 10.9 Å². The molecule has 2 N–H and O–H groups in total. The number of aromatic nitrogens is 4. The van der Waals surface area contributed by atoms with Gasteiger partial charge in [0.2, 0.25) is 17.7 Å². The van der Waals surface area contributed by atoms with Crippen molar-refractivity contribution in [2.75, 3.05) is 22.6 Å². The maximum atomic E-state index is 13.1. The summed E-state index contributed by atoms with van der Waals surface area (Å²) in [6.07, 6.45) is 4.27. The van der Waals surface area contributed by atoms with E-state index in [1.807, 2.05) is 30.3 Å². The minimum Gasteiger partial charge on any atom is -0.325 e. The second-order valence-corrected chi connectivity index (χ2v) is 9.73. The van der Waals surface area contributed by atoms with E-state index in [-0.39, 0.29) is 30.8 Å². The van der Waals surface area contributed by atoms with Crippen molar-refractivity contribution in [1.82, 2.24) is 19.1 Å². The van der Waals surface area contributed by atoms with Gasteiger partial charge in [0.25, 0.3) is 0 Å². The standard InChI is InChI=1S/C26H21N7O4/c1-31-20(35)13-33-21-18(6-8-28-23(21)31)32(25(33)37)12-19(34)29-16-5-4-14-10-26(11-15(14)9-16)17-3-2-7-27-22(17)30-24(26)36/h2-9H,10-13H2,1H3,(H,29,34)(H,27,30,36)/t26-/m1/s1. The largest absolute Gasteiger partial charge is 0.330 e. The van der Waals surface area contributed by atoms with Crippen LogP contribution in [0.4, 0.5) is 17.3 Å². The molecule has 7 rings (SSSR count). The molecule has 3 aromatic heterocycles. The normalized spacial score (nSPS) is 19.3. The Bertz CT molecular complexity index is 1750. The molecule has 11 nitrogen and oxygen atoms in total. The quantitative estimate of drug-likeness (QED) is 0.439. The number of anilines is 3. The molecule has 3 aliphatic rings. The molecule has 1 atom stereocenters. The van der Waals surface area contributed by atoms with Crippen LogP contribution in [-0.2, 0) is 45.7 Å². The fourth-order valence-corrected chi connectivity index (χ4v) is 5.85. The van der Waals surface area contributed by atoms with E-state index in [2.05, 4.69) is 20.6 Å². The summed E-state index contributed by atoms with van der Waals surface area (Å²) in [5.41, 5.74) is 3.48. The number of hydrogen-bond acceptors (Lipinski definition) is 6. The molecule has 0 saturated heterocycles. The van der Waals surface area contributed by atoms with Gasteiger partial charge in [0, 0.05) is 30.7 Å². The average Bonchev–Trinajstić information content (AvgIpc) is 3.49. The Morgan fingerprint density at radius 1 is 1.08 bits per heavy atom. The van der Waals surface area contributed by atoms with Crippen LogP contribution in [0.25, 0.3) is 11.0 Å². The molecular formula is C26H21N7O4. The summed E-state index contributed by atoms with van der Waals surface area (Å²) in [5, 5.41) is 5.78. The zero-order valence-corrected chi connectivity index (χ0v) is 19.8. The number of benzene rings is 1. The Kier molecular flexibility index (Phi) is 4.27. The minimum absolute atomic E-state index is 0.0610. The van der Waals surface area contributed by atoms with E-state index in [0.717, 1.165) is 16.7 Å². The van der Waals surface area contributed by atoms with Crippen LogP contribution >= 0.6 is 0 Å². The van der Waals surface area contributed by atoms with E-state index >= 15 is 0 Å². The Morgan fingerprint density at radius 2 is 1.92 bits per heavy atom. The van der Waals surface area contributed by atoms with E-state index < -0.39 is 11.1 Å². The molecule has 1 aliphatic carbocycles. The Morgan fingerprint density at radius 3 is 2.78 bits per heavy atom. The Balaban J connectivity index is 1.16. The number of carbonyl (C=O) groups excluding carboxylic acids is 3. The van der Waals surface area contributed by atoms with Gasteiger partial charge in [-0.15, -0.1) is 0 Å².